The van der Waals surface area contributed by atoms with Crippen LogP contribution in [0.1, 0.15) is 31.4 Å². The third-order valence-corrected chi connectivity index (χ3v) is 5.33. The average Bonchev–Trinajstić information content (AvgIpc) is 2.77. The fourth-order valence-corrected chi connectivity index (χ4v) is 3.75. The molecule has 122 valence electrons. The van der Waals surface area contributed by atoms with Gasteiger partial charge in [-0.2, -0.15) is 0 Å². The molecule has 0 N–H and O–H groups in total. The van der Waals surface area contributed by atoms with Crippen molar-refractivity contribution in [3.63, 3.8) is 0 Å². The highest BCUT2D eigenvalue weighted by Crippen LogP contribution is 2.36. The van der Waals surface area contributed by atoms with Gasteiger partial charge in [0.15, 0.2) is 0 Å². The zero-order valence-electron chi connectivity index (χ0n) is 13.2. The lowest BCUT2D eigenvalue weighted by atomic mass is 9.98. The first-order valence-corrected chi connectivity index (χ1v) is 8.62. The monoisotopic (exact) mass is 348 g/mol. The lowest BCUT2D eigenvalue weighted by Gasteiger charge is -2.32. The number of benzene rings is 1. The molecule has 4 nitrogen and oxygen atoms in total. The first-order valence-electron chi connectivity index (χ1n) is 7.40. The van der Waals surface area contributed by atoms with Crippen LogP contribution in [-0.4, -0.2) is 27.1 Å². The number of aryl methyl sites for hydroxylation is 1. The Balaban J connectivity index is 2.36. The molecule has 1 aromatic carbocycles. The molecule has 1 aliphatic rings. The summed E-state index contributed by atoms with van der Waals surface area (Å²) in [4.78, 5) is 25.8. The van der Waals surface area contributed by atoms with Crippen molar-refractivity contribution >= 4 is 46.3 Å². The predicted octanol–water partition coefficient (Wildman–Crippen LogP) is 2.36. The highest BCUT2D eigenvalue weighted by Gasteiger charge is 2.39. The summed E-state index contributed by atoms with van der Waals surface area (Å²) in [6.07, 6.45) is 2.38. The zero-order chi connectivity index (χ0) is 17.1. The number of hydrogen-bond donors (Lipinski definition) is 0. The SMILES string of the molecule is CC[C@@H](C)[C@H](C(=O)[O-])N1C(=O)/C(=C/c2ccccc2C)SC1=S. The summed E-state index contributed by atoms with van der Waals surface area (Å²) in [5.74, 6) is -1.87. The van der Waals surface area contributed by atoms with Crippen LogP contribution in [0.2, 0.25) is 0 Å². The van der Waals surface area contributed by atoms with Gasteiger partial charge in [-0.3, -0.25) is 9.69 Å². The maximum Gasteiger partial charge on any atom is 0.266 e. The molecule has 6 heteroatoms. The van der Waals surface area contributed by atoms with Crippen LogP contribution in [0.4, 0.5) is 0 Å². The topological polar surface area (TPSA) is 60.4 Å². The van der Waals surface area contributed by atoms with Gasteiger partial charge in [0.05, 0.1) is 16.9 Å². The standard InChI is InChI=1S/C17H19NO3S2/c1-4-10(2)14(16(20)21)18-15(19)13(23-17(18)22)9-12-8-6-5-7-11(12)3/h5-10,14H,4H2,1-3H3,(H,20,21)/p-1/b13-9-/t10-,14-/m1/s1. The van der Waals surface area contributed by atoms with Crippen molar-refractivity contribution < 1.29 is 14.7 Å². The van der Waals surface area contributed by atoms with Gasteiger partial charge in [-0.25, -0.2) is 0 Å². The predicted molar refractivity (Wildman–Crippen MR) is 94.4 cm³/mol. The van der Waals surface area contributed by atoms with E-state index in [0.29, 0.717) is 11.3 Å². The van der Waals surface area contributed by atoms with Gasteiger partial charge >= 0.3 is 0 Å². The normalized spacial score (nSPS) is 19.3. The molecule has 0 bridgehead atoms. The van der Waals surface area contributed by atoms with Gasteiger partial charge in [0.25, 0.3) is 5.91 Å². The number of carboxylic acid groups (broad SMARTS) is 1. The summed E-state index contributed by atoms with van der Waals surface area (Å²) in [6.45, 7) is 5.61. The van der Waals surface area contributed by atoms with Crippen molar-refractivity contribution in [2.45, 2.75) is 33.2 Å². The second-order valence-electron chi connectivity index (χ2n) is 5.56. The number of carboxylic acids is 1. The van der Waals surface area contributed by atoms with Gasteiger partial charge < -0.3 is 9.90 Å². The second-order valence-corrected chi connectivity index (χ2v) is 7.23. The second kappa shape index (κ2) is 7.27. The van der Waals surface area contributed by atoms with E-state index >= 15 is 0 Å². The fraction of sp³-hybridized carbons (Fsp3) is 0.353. The number of carbonyl (C=O) groups is 2. The zero-order valence-corrected chi connectivity index (χ0v) is 14.9. The third-order valence-electron chi connectivity index (χ3n) is 4.00. The summed E-state index contributed by atoms with van der Waals surface area (Å²) in [5.41, 5.74) is 1.96. The number of aliphatic carboxylic acids is 1. The molecule has 1 aromatic rings. The quantitative estimate of drug-likeness (QED) is 0.604. The molecule has 1 amide bonds. The summed E-state index contributed by atoms with van der Waals surface area (Å²) >= 11 is 6.38. The van der Waals surface area contributed by atoms with Crippen LogP contribution in [0.5, 0.6) is 0 Å². The lowest BCUT2D eigenvalue weighted by molar-refractivity contribution is -0.311. The summed E-state index contributed by atoms with van der Waals surface area (Å²) in [6, 6.07) is 6.65. The summed E-state index contributed by atoms with van der Waals surface area (Å²) in [7, 11) is 0. The van der Waals surface area contributed by atoms with Crippen molar-refractivity contribution in [2.24, 2.45) is 5.92 Å². The molecule has 1 saturated heterocycles. The van der Waals surface area contributed by atoms with E-state index in [-0.39, 0.29) is 16.1 Å². The molecule has 2 rings (SSSR count). The molecule has 1 fully saturated rings. The van der Waals surface area contributed by atoms with Gasteiger partial charge in [0.2, 0.25) is 0 Å². The highest BCUT2D eigenvalue weighted by molar-refractivity contribution is 8.26. The molecule has 1 aliphatic heterocycles. The maximum absolute atomic E-state index is 12.7. The molecule has 0 radical (unpaired) electrons. The van der Waals surface area contributed by atoms with E-state index in [1.807, 2.05) is 38.1 Å². The Bertz CT molecular complexity index is 684. The minimum Gasteiger partial charge on any atom is -0.548 e. The van der Waals surface area contributed by atoms with Crippen molar-refractivity contribution in [1.82, 2.24) is 4.90 Å². The van der Waals surface area contributed by atoms with E-state index in [0.717, 1.165) is 22.9 Å². The number of rotatable bonds is 5. The Kier molecular flexibility index (Phi) is 5.59. The highest BCUT2D eigenvalue weighted by atomic mass is 32.2. The van der Waals surface area contributed by atoms with Crippen LogP contribution in [0, 0.1) is 12.8 Å². The van der Waals surface area contributed by atoms with Gasteiger partial charge in [-0.1, -0.05) is 68.5 Å². The van der Waals surface area contributed by atoms with E-state index in [9.17, 15) is 14.7 Å². The van der Waals surface area contributed by atoms with Crippen molar-refractivity contribution in [3.05, 3.63) is 40.3 Å². The van der Waals surface area contributed by atoms with E-state index in [1.54, 1.807) is 13.0 Å². The van der Waals surface area contributed by atoms with Crippen molar-refractivity contribution in [2.75, 3.05) is 0 Å². The number of carbonyl (C=O) groups excluding carboxylic acids is 2. The van der Waals surface area contributed by atoms with Crippen LogP contribution in [0.25, 0.3) is 6.08 Å². The van der Waals surface area contributed by atoms with Crippen LogP contribution in [0.15, 0.2) is 29.2 Å². The van der Waals surface area contributed by atoms with Crippen LogP contribution in [0.3, 0.4) is 0 Å². The van der Waals surface area contributed by atoms with Gasteiger partial charge in [0, 0.05) is 0 Å². The molecule has 0 unspecified atom stereocenters. The Morgan fingerprint density at radius 2 is 2.09 bits per heavy atom. The molecule has 0 aromatic heterocycles. The molecule has 0 spiro atoms. The molecule has 2 atom stereocenters. The average molecular weight is 348 g/mol. The molecule has 0 aliphatic carbocycles. The molecule has 23 heavy (non-hydrogen) atoms. The first kappa shape index (κ1) is 17.7. The fourth-order valence-electron chi connectivity index (χ4n) is 2.43. The molecule has 0 saturated carbocycles. The third kappa shape index (κ3) is 3.64. The maximum atomic E-state index is 12.7. The lowest BCUT2D eigenvalue weighted by Crippen LogP contribution is -2.53. The number of hydrogen-bond acceptors (Lipinski definition) is 5. The molecular formula is C17H18NO3S2-. The van der Waals surface area contributed by atoms with E-state index in [1.165, 1.54) is 4.90 Å². The van der Waals surface area contributed by atoms with E-state index in [2.05, 4.69) is 0 Å². The minimum absolute atomic E-state index is 0.236. The van der Waals surface area contributed by atoms with Gasteiger partial charge in [-0.15, -0.1) is 0 Å². The van der Waals surface area contributed by atoms with Crippen molar-refractivity contribution in [1.29, 1.82) is 0 Å². The number of thiocarbonyl (C=S) groups is 1. The Labute approximate surface area is 145 Å². The van der Waals surface area contributed by atoms with Crippen LogP contribution in [-0.2, 0) is 9.59 Å². The van der Waals surface area contributed by atoms with Gasteiger partial charge in [-0.05, 0) is 30.0 Å². The van der Waals surface area contributed by atoms with Crippen LogP contribution >= 0.6 is 24.0 Å². The molecular weight excluding hydrogens is 330 g/mol. The summed E-state index contributed by atoms with van der Waals surface area (Å²) < 4.78 is 0.268. The van der Waals surface area contributed by atoms with Crippen LogP contribution < -0.4 is 5.11 Å². The number of nitrogens with zero attached hydrogens (tertiary/aromatic N) is 1. The van der Waals surface area contributed by atoms with E-state index in [4.69, 9.17) is 12.2 Å². The Hall–Kier alpha value is -1.66. The Morgan fingerprint density at radius 3 is 2.65 bits per heavy atom. The largest absolute Gasteiger partial charge is 0.548 e. The Morgan fingerprint density at radius 1 is 1.43 bits per heavy atom. The van der Waals surface area contributed by atoms with Crippen molar-refractivity contribution in [3.8, 4) is 0 Å². The molecule has 1 heterocycles. The smallest absolute Gasteiger partial charge is 0.266 e. The summed E-state index contributed by atoms with van der Waals surface area (Å²) in [5, 5.41) is 11.5. The first-order chi connectivity index (χ1) is 10.9. The van der Waals surface area contributed by atoms with E-state index < -0.39 is 12.0 Å². The number of amides is 1. The van der Waals surface area contributed by atoms with Gasteiger partial charge in [0.1, 0.15) is 4.32 Å². The minimum atomic E-state index is -1.27. The number of thioether (sulfide) groups is 1.